The van der Waals surface area contributed by atoms with Gasteiger partial charge >= 0.3 is 0 Å². The van der Waals surface area contributed by atoms with Gasteiger partial charge in [0.25, 0.3) is 0 Å². The highest BCUT2D eigenvalue weighted by atomic mass is 16.2. The number of carbonyl (C=O) groups excluding carboxylic acids is 2. The predicted octanol–water partition coefficient (Wildman–Crippen LogP) is 2.49. The van der Waals surface area contributed by atoms with E-state index in [1.165, 1.54) is 17.8 Å². The quantitative estimate of drug-likeness (QED) is 0.742. The van der Waals surface area contributed by atoms with E-state index in [-0.39, 0.29) is 23.3 Å². The molecule has 4 rings (SSSR count). The molecule has 146 valence electrons. The Morgan fingerprint density at radius 2 is 1.93 bits per heavy atom. The zero-order chi connectivity index (χ0) is 20.4. The Morgan fingerprint density at radius 1 is 1.17 bits per heavy atom. The Labute approximate surface area is 167 Å². The molecule has 0 aliphatic carbocycles. The van der Waals surface area contributed by atoms with Crippen molar-refractivity contribution in [3.05, 3.63) is 48.2 Å². The van der Waals surface area contributed by atoms with Crippen molar-refractivity contribution in [2.24, 2.45) is 5.92 Å². The lowest BCUT2D eigenvalue weighted by atomic mass is 9.96. The van der Waals surface area contributed by atoms with Crippen LogP contribution in [-0.2, 0) is 9.59 Å². The maximum atomic E-state index is 12.8. The van der Waals surface area contributed by atoms with Crippen molar-refractivity contribution in [3.8, 4) is 11.9 Å². The molecule has 0 bridgehead atoms. The van der Waals surface area contributed by atoms with E-state index in [9.17, 15) is 14.9 Å². The van der Waals surface area contributed by atoms with Gasteiger partial charge in [0.2, 0.25) is 11.8 Å². The number of anilines is 1. The first-order valence-electron chi connectivity index (χ1n) is 9.47. The summed E-state index contributed by atoms with van der Waals surface area (Å²) in [7, 11) is 0. The number of amides is 2. The molecule has 1 saturated heterocycles. The zero-order valence-electron chi connectivity index (χ0n) is 16.0. The molecular weight excluding hydrogens is 368 g/mol. The zero-order valence-corrected chi connectivity index (χ0v) is 16.0. The van der Waals surface area contributed by atoms with Gasteiger partial charge in [-0.15, -0.1) is 0 Å². The van der Waals surface area contributed by atoms with Crippen LogP contribution >= 0.6 is 0 Å². The fourth-order valence-corrected chi connectivity index (χ4v) is 3.57. The minimum Gasteiger partial charge on any atom is -0.343 e. The summed E-state index contributed by atoms with van der Waals surface area (Å²) in [5.74, 6) is 0.467. The Balaban J connectivity index is 1.59. The molecule has 0 atom stereocenters. The minimum absolute atomic E-state index is 0.0241. The van der Waals surface area contributed by atoms with Crippen molar-refractivity contribution in [3.63, 3.8) is 0 Å². The Morgan fingerprint density at radius 3 is 2.66 bits per heavy atom. The monoisotopic (exact) mass is 388 g/mol. The minimum atomic E-state index is -0.218. The smallest absolute Gasteiger partial charge is 0.228 e. The van der Waals surface area contributed by atoms with Crippen LogP contribution in [0.2, 0.25) is 0 Å². The van der Waals surface area contributed by atoms with Gasteiger partial charge in [0.1, 0.15) is 11.6 Å². The number of nitrogens with one attached hydrogen (secondary N) is 1. The van der Waals surface area contributed by atoms with Crippen molar-refractivity contribution in [2.75, 3.05) is 18.4 Å². The summed E-state index contributed by atoms with van der Waals surface area (Å²) in [6.07, 6.45) is 2.61. The van der Waals surface area contributed by atoms with Gasteiger partial charge in [0.15, 0.2) is 11.6 Å². The number of piperidine rings is 1. The number of aromatic nitrogens is 3. The third-order valence-electron chi connectivity index (χ3n) is 5.24. The first kappa shape index (κ1) is 18.6. The molecule has 29 heavy (non-hydrogen) atoms. The first-order valence-corrected chi connectivity index (χ1v) is 9.47. The Bertz CT molecular complexity index is 1120. The van der Waals surface area contributed by atoms with E-state index in [1.807, 2.05) is 30.3 Å². The molecule has 3 aromatic rings. The van der Waals surface area contributed by atoms with Gasteiger partial charge < -0.3 is 10.2 Å². The van der Waals surface area contributed by atoms with Gasteiger partial charge in [0, 0.05) is 31.3 Å². The van der Waals surface area contributed by atoms with Crippen LogP contribution in [0.3, 0.4) is 0 Å². The summed E-state index contributed by atoms with van der Waals surface area (Å²) in [6.45, 7) is 2.66. The average Bonchev–Trinajstić information content (AvgIpc) is 3.15. The summed E-state index contributed by atoms with van der Waals surface area (Å²) in [5, 5.41) is 17.6. The molecule has 1 aromatic carbocycles. The number of hydrogen-bond donors (Lipinski definition) is 1. The second-order valence-corrected chi connectivity index (χ2v) is 7.06. The SMILES string of the molecule is CC(=O)N1CCC(C(=O)Nc2c(C#N)cnn2-c2ccc3ccccc3n2)CC1. The lowest BCUT2D eigenvalue weighted by Crippen LogP contribution is -2.40. The van der Waals surface area contributed by atoms with Crippen molar-refractivity contribution in [1.29, 1.82) is 5.26 Å². The number of para-hydroxylation sites is 1. The number of nitrogens with zero attached hydrogens (tertiary/aromatic N) is 5. The van der Waals surface area contributed by atoms with E-state index in [4.69, 9.17) is 0 Å². The van der Waals surface area contributed by atoms with E-state index in [2.05, 4.69) is 21.5 Å². The number of likely N-dealkylation sites (tertiary alicyclic amines) is 1. The number of hydrogen-bond acceptors (Lipinski definition) is 5. The summed E-state index contributed by atoms with van der Waals surface area (Å²) >= 11 is 0. The molecule has 1 fully saturated rings. The van der Waals surface area contributed by atoms with Crippen LogP contribution in [0.5, 0.6) is 0 Å². The molecule has 0 unspecified atom stereocenters. The molecule has 0 radical (unpaired) electrons. The van der Waals surface area contributed by atoms with E-state index in [0.29, 0.717) is 37.6 Å². The summed E-state index contributed by atoms with van der Waals surface area (Å²) in [6, 6.07) is 13.5. The summed E-state index contributed by atoms with van der Waals surface area (Å²) < 4.78 is 1.48. The maximum Gasteiger partial charge on any atom is 0.228 e. The van der Waals surface area contributed by atoms with E-state index in [1.54, 1.807) is 11.0 Å². The molecule has 1 aliphatic heterocycles. The third kappa shape index (κ3) is 3.67. The average molecular weight is 388 g/mol. The largest absolute Gasteiger partial charge is 0.343 e. The lowest BCUT2D eigenvalue weighted by Gasteiger charge is -2.30. The maximum absolute atomic E-state index is 12.8. The van der Waals surface area contributed by atoms with Gasteiger partial charge in [-0.3, -0.25) is 9.59 Å². The molecule has 8 heteroatoms. The van der Waals surface area contributed by atoms with Crippen molar-refractivity contribution >= 4 is 28.5 Å². The Kier molecular flexibility index (Phi) is 4.96. The van der Waals surface area contributed by atoms with Crippen molar-refractivity contribution in [1.82, 2.24) is 19.7 Å². The number of fused-ring (bicyclic) bond motifs is 1. The molecule has 1 aliphatic rings. The normalized spacial score (nSPS) is 14.6. The molecule has 2 amide bonds. The molecule has 0 spiro atoms. The summed E-state index contributed by atoms with van der Waals surface area (Å²) in [4.78, 5) is 30.6. The summed E-state index contributed by atoms with van der Waals surface area (Å²) in [5.41, 5.74) is 1.07. The standard InChI is InChI=1S/C21H20N6O2/c1-14(28)26-10-8-16(9-11-26)21(29)25-20-17(12-22)13-23-27(20)19-7-6-15-4-2-3-5-18(15)24-19/h2-7,13,16H,8-11H2,1H3,(H,25,29). The van der Waals surface area contributed by atoms with Crippen LogP contribution in [0.4, 0.5) is 5.82 Å². The van der Waals surface area contributed by atoms with Crippen LogP contribution < -0.4 is 5.32 Å². The highest BCUT2D eigenvalue weighted by Gasteiger charge is 2.27. The highest BCUT2D eigenvalue weighted by molar-refractivity contribution is 5.93. The van der Waals surface area contributed by atoms with Crippen molar-refractivity contribution < 1.29 is 9.59 Å². The van der Waals surface area contributed by atoms with Crippen LogP contribution in [0.15, 0.2) is 42.6 Å². The number of pyridine rings is 1. The molecule has 1 N–H and O–H groups in total. The van der Waals surface area contributed by atoms with Crippen molar-refractivity contribution in [2.45, 2.75) is 19.8 Å². The van der Waals surface area contributed by atoms with Gasteiger partial charge in [-0.25, -0.2) is 4.98 Å². The molecular formula is C21H20N6O2. The fraction of sp³-hybridized carbons (Fsp3) is 0.286. The third-order valence-corrected chi connectivity index (χ3v) is 5.24. The predicted molar refractivity (Wildman–Crippen MR) is 107 cm³/mol. The van der Waals surface area contributed by atoms with Gasteiger partial charge in [0.05, 0.1) is 11.7 Å². The van der Waals surface area contributed by atoms with E-state index in [0.717, 1.165) is 10.9 Å². The number of benzene rings is 1. The second kappa shape index (κ2) is 7.72. The number of carbonyl (C=O) groups is 2. The molecule has 3 heterocycles. The molecule has 0 saturated carbocycles. The van der Waals surface area contributed by atoms with Gasteiger partial charge in [-0.1, -0.05) is 18.2 Å². The van der Waals surface area contributed by atoms with Crippen LogP contribution in [0.1, 0.15) is 25.3 Å². The van der Waals surface area contributed by atoms with E-state index < -0.39 is 0 Å². The topological polar surface area (TPSA) is 104 Å². The number of rotatable bonds is 3. The van der Waals surface area contributed by atoms with Crippen LogP contribution in [-0.4, -0.2) is 44.6 Å². The van der Waals surface area contributed by atoms with Crippen LogP contribution in [0.25, 0.3) is 16.7 Å². The first-order chi connectivity index (χ1) is 14.1. The van der Waals surface area contributed by atoms with Crippen LogP contribution in [0, 0.1) is 17.2 Å². The fourth-order valence-electron chi connectivity index (χ4n) is 3.57. The molecule has 8 nitrogen and oxygen atoms in total. The lowest BCUT2D eigenvalue weighted by molar-refractivity contribution is -0.132. The Hall–Kier alpha value is -3.73. The van der Waals surface area contributed by atoms with E-state index >= 15 is 0 Å². The van der Waals surface area contributed by atoms with Gasteiger partial charge in [-0.05, 0) is 31.0 Å². The molecule has 2 aromatic heterocycles. The second-order valence-electron chi connectivity index (χ2n) is 7.06. The highest BCUT2D eigenvalue weighted by Crippen LogP contribution is 2.24. The number of nitriles is 1. The van der Waals surface area contributed by atoms with Gasteiger partial charge in [-0.2, -0.15) is 15.0 Å².